The number of aromatic nitrogens is 1. The molecule has 0 bridgehead atoms. The van der Waals surface area contributed by atoms with Gasteiger partial charge in [0.05, 0.1) is 12.8 Å². The predicted octanol–water partition coefficient (Wildman–Crippen LogP) is 5.58. The van der Waals surface area contributed by atoms with Crippen LogP contribution in [0.5, 0.6) is 23.0 Å². The molecule has 0 amide bonds. The Morgan fingerprint density at radius 3 is 2.51 bits per heavy atom. The molecule has 3 aromatic rings. The van der Waals surface area contributed by atoms with Crippen molar-refractivity contribution in [3.63, 3.8) is 0 Å². The fraction of sp³-hybridized carbons (Fsp3) is 0.393. The number of fused-ring (bicyclic) bond motifs is 1. The number of ether oxygens (including phenoxy) is 3. The van der Waals surface area contributed by atoms with Gasteiger partial charge in [0.1, 0.15) is 5.82 Å². The standard InChI is InChI=1S/C28H33N3O4/c1-27(2)14-19(15-28(3,4)31-27)29-25-13-18(20-7-6-8-23-26(20)35-16-34-23)11-21(30-25)17-9-10-22(32)24(12-17)33-5/h6-13,19,31-32H,14-16H2,1-5H3,(H,29,30). The molecule has 1 fully saturated rings. The number of benzene rings is 2. The van der Waals surface area contributed by atoms with E-state index in [1.165, 1.54) is 0 Å². The highest BCUT2D eigenvalue weighted by Crippen LogP contribution is 2.43. The minimum absolute atomic E-state index is 0.00954. The second kappa shape index (κ2) is 8.64. The van der Waals surface area contributed by atoms with Gasteiger partial charge in [0.2, 0.25) is 6.79 Å². The molecule has 3 heterocycles. The van der Waals surface area contributed by atoms with Gasteiger partial charge >= 0.3 is 0 Å². The van der Waals surface area contributed by atoms with Crippen LogP contribution in [0.1, 0.15) is 40.5 Å². The first-order valence-electron chi connectivity index (χ1n) is 12.0. The van der Waals surface area contributed by atoms with Gasteiger partial charge in [-0.05, 0) is 82.5 Å². The van der Waals surface area contributed by atoms with Crippen molar-refractivity contribution in [1.29, 1.82) is 0 Å². The van der Waals surface area contributed by atoms with Crippen molar-refractivity contribution in [3.05, 3.63) is 48.5 Å². The summed E-state index contributed by atoms with van der Waals surface area (Å²) in [5.74, 6) is 2.77. The molecule has 5 rings (SSSR count). The van der Waals surface area contributed by atoms with E-state index in [0.717, 1.165) is 52.5 Å². The number of phenolic OH excluding ortho intramolecular Hbond substituents is 1. The lowest BCUT2D eigenvalue weighted by atomic mass is 9.79. The van der Waals surface area contributed by atoms with E-state index < -0.39 is 0 Å². The fourth-order valence-electron chi connectivity index (χ4n) is 5.54. The fourth-order valence-corrected chi connectivity index (χ4v) is 5.54. The van der Waals surface area contributed by atoms with E-state index in [0.29, 0.717) is 5.75 Å². The highest BCUT2D eigenvalue weighted by atomic mass is 16.7. The molecule has 2 aliphatic heterocycles. The van der Waals surface area contributed by atoms with Crippen molar-refractivity contribution in [2.75, 3.05) is 19.2 Å². The van der Waals surface area contributed by atoms with Crippen LogP contribution in [-0.2, 0) is 0 Å². The number of hydrogen-bond acceptors (Lipinski definition) is 7. The third-order valence-corrected chi connectivity index (χ3v) is 6.55. The van der Waals surface area contributed by atoms with Crippen LogP contribution in [0, 0.1) is 0 Å². The van der Waals surface area contributed by atoms with Gasteiger partial charge in [-0.15, -0.1) is 0 Å². The summed E-state index contributed by atoms with van der Waals surface area (Å²) in [7, 11) is 1.54. The van der Waals surface area contributed by atoms with Crippen LogP contribution in [-0.4, -0.2) is 41.1 Å². The van der Waals surface area contributed by atoms with Crippen molar-refractivity contribution in [2.24, 2.45) is 0 Å². The zero-order chi connectivity index (χ0) is 24.8. The second-order valence-electron chi connectivity index (χ2n) is 10.7. The first-order valence-corrected chi connectivity index (χ1v) is 12.0. The number of nitrogens with zero attached hydrogens (tertiary/aromatic N) is 1. The highest BCUT2D eigenvalue weighted by molar-refractivity contribution is 5.80. The molecular weight excluding hydrogens is 442 g/mol. The molecule has 1 saturated heterocycles. The first-order chi connectivity index (χ1) is 16.6. The molecule has 0 saturated carbocycles. The summed E-state index contributed by atoms with van der Waals surface area (Å²) >= 11 is 0. The van der Waals surface area contributed by atoms with Crippen LogP contribution in [0.3, 0.4) is 0 Å². The molecule has 184 valence electrons. The Bertz CT molecular complexity index is 1240. The Morgan fingerprint density at radius 2 is 1.77 bits per heavy atom. The second-order valence-corrected chi connectivity index (χ2v) is 10.7. The van der Waals surface area contributed by atoms with E-state index in [4.69, 9.17) is 19.2 Å². The van der Waals surface area contributed by atoms with Gasteiger partial charge in [-0.2, -0.15) is 0 Å². The summed E-state index contributed by atoms with van der Waals surface area (Å²) in [6.07, 6.45) is 1.95. The molecule has 0 aliphatic carbocycles. The Labute approximate surface area is 206 Å². The van der Waals surface area contributed by atoms with E-state index >= 15 is 0 Å². The molecule has 2 aliphatic rings. The van der Waals surface area contributed by atoms with Crippen LogP contribution in [0.25, 0.3) is 22.4 Å². The van der Waals surface area contributed by atoms with Gasteiger partial charge in [0, 0.05) is 28.2 Å². The molecule has 0 spiro atoms. The van der Waals surface area contributed by atoms with Crippen LogP contribution < -0.4 is 24.8 Å². The summed E-state index contributed by atoms with van der Waals surface area (Å²) in [5.41, 5.74) is 3.56. The number of nitrogens with one attached hydrogen (secondary N) is 2. The van der Waals surface area contributed by atoms with Crippen molar-refractivity contribution >= 4 is 5.82 Å². The van der Waals surface area contributed by atoms with Crippen LogP contribution in [0.15, 0.2) is 48.5 Å². The quantitative estimate of drug-likeness (QED) is 0.444. The summed E-state index contributed by atoms with van der Waals surface area (Å²) in [6, 6.07) is 15.6. The Kier molecular flexibility index (Phi) is 5.75. The van der Waals surface area contributed by atoms with Gasteiger partial charge in [0.25, 0.3) is 0 Å². The number of pyridine rings is 1. The molecule has 7 nitrogen and oxygen atoms in total. The monoisotopic (exact) mass is 475 g/mol. The third kappa shape index (κ3) is 4.86. The van der Waals surface area contributed by atoms with Crippen molar-refractivity contribution < 1.29 is 19.3 Å². The highest BCUT2D eigenvalue weighted by Gasteiger charge is 2.37. The Balaban J connectivity index is 1.59. The molecule has 0 unspecified atom stereocenters. The van der Waals surface area contributed by atoms with Crippen molar-refractivity contribution in [1.82, 2.24) is 10.3 Å². The number of methoxy groups -OCH3 is 1. The molecule has 0 radical (unpaired) electrons. The number of para-hydroxylation sites is 1. The maximum absolute atomic E-state index is 10.1. The van der Waals surface area contributed by atoms with Gasteiger partial charge < -0.3 is 30.0 Å². The molecule has 3 N–H and O–H groups in total. The molecule has 1 aromatic heterocycles. The van der Waals surface area contributed by atoms with E-state index in [1.807, 2.05) is 30.3 Å². The summed E-state index contributed by atoms with van der Waals surface area (Å²) in [6.45, 7) is 9.18. The SMILES string of the molecule is COc1cc(-c2cc(-c3cccc4c3OCO4)cc(NC3CC(C)(C)NC(C)(C)C3)n2)ccc1O. The number of aromatic hydroxyl groups is 1. The van der Waals surface area contributed by atoms with Gasteiger partial charge in [-0.3, -0.25) is 0 Å². The maximum Gasteiger partial charge on any atom is 0.231 e. The predicted molar refractivity (Wildman–Crippen MR) is 137 cm³/mol. The molecule has 0 atom stereocenters. The zero-order valence-electron chi connectivity index (χ0n) is 20.9. The number of phenols is 1. The first kappa shape index (κ1) is 23.3. The minimum Gasteiger partial charge on any atom is -0.504 e. The summed E-state index contributed by atoms with van der Waals surface area (Å²) in [5, 5.41) is 17.6. The molecular formula is C28H33N3O4. The van der Waals surface area contributed by atoms with Crippen LogP contribution >= 0.6 is 0 Å². The Hall–Kier alpha value is -3.45. The minimum atomic E-state index is 0.00954. The number of hydrogen-bond donors (Lipinski definition) is 3. The topological polar surface area (TPSA) is 84.9 Å². The lowest BCUT2D eigenvalue weighted by Gasteiger charge is -2.46. The van der Waals surface area contributed by atoms with Gasteiger partial charge in [-0.1, -0.05) is 12.1 Å². The lowest BCUT2D eigenvalue weighted by Crippen LogP contribution is -2.60. The third-order valence-electron chi connectivity index (χ3n) is 6.55. The average Bonchev–Trinajstić information content (AvgIpc) is 3.26. The summed E-state index contributed by atoms with van der Waals surface area (Å²) in [4.78, 5) is 4.98. The Morgan fingerprint density at radius 1 is 1.00 bits per heavy atom. The van der Waals surface area contributed by atoms with Crippen molar-refractivity contribution in [2.45, 2.75) is 57.7 Å². The normalized spacial score (nSPS) is 18.3. The van der Waals surface area contributed by atoms with Crippen LogP contribution in [0.2, 0.25) is 0 Å². The molecule has 35 heavy (non-hydrogen) atoms. The zero-order valence-corrected chi connectivity index (χ0v) is 20.9. The largest absolute Gasteiger partial charge is 0.504 e. The lowest BCUT2D eigenvalue weighted by molar-refractivity contribution is 0.170. The van der Waals surface area contributed by atoms with E-state index in [1.54, 1.807) is 19.2 Å². The number of rotatable bonds is 5. The van der Waals surface area contributed by atoms with Gasteiger partial charge in [-0.25, -0.2) is 4.98 Å². The molecule has 2 aromatic carbocycles. The maximum atomic E-state index is 10.1. The van der Waals surface area contributed by atoms with E-state index in [-0.39, 0.29) is 29.7 Å². The van der Waals surface area contributed by atoms with Crippen LogP contribution in [0.4, 0.5) is 5.82 Å². The average molecular weight is 476 g/mol. The smallest absolute Gasteiger partial charge is 0.231 e. The van der Waals surface area contributed by atoms with Gasteiger partial charge in [0.15, 0.2) is 23.0 Å². The number of piperidine rings is 1. The van der Waals surface area contributed by atoms with E-state index in [9.17, 15) is 5.11 Å². The van der Waals surface area contributed by atoms with E-state index in [2.05, 4.69) is 44.4 Å². The summed E-state index contributed by atoms with van der Waals surface area (Å²) < 4.78 is 16.8. The number of anilines is 1. The molecule has 7 heteroatoms. The van der Waals surface area contributed by atoms with Crippen molar-refractivity contribution in [3.8, 4) is 45.4 Å².